The molecule has 2 atom stereocenters. The fourth-order valence-corrected chi connectivity index (χ4v) is 2.74. The van der Waals surface area contributed by atoms with Gasteiger partial charge < -0.3 is 16.0 Å². The van der Waals surface area contributed by atoms with E-state index in [2.05, 4.69) is 5.32 Å². The highest BCUT2D eigenvalue weighted by molar-refractivity contribution is 5.86. The van der Waals surface area contributed by atoms with Crippen LogP contribution in [0.4, 0.5) is 0 Å². The molecule has 0 spiro atoms. The van der Waals surface area contributed by atoms with Crippen molar-refractivity contribution in [2.24, 2.45) is 11.7 Å². The molecule has 0 radical (unpaired) electrons. The zero-order valence-corrected chi connectivity index (χ0v) is 14.1. The summed E-state index contributed by atoms with van der Waals surface area (Å²) in [5.41, 5.74) is 5.95. The van der Waals surface area contributed by atoms with Gasteiger partial charge in [-0.1, -0.05) is 20.3 Å². The van der Waals surface area contributed by atoms with Crippen molar-refractivity contribution < 1.29 is 9.59 Å². The highest BCUT2D eigenvalue weighted by atomic mass is 35.5. The maximum atomic E-state index is 12.5. The van der Waals surface area contributed by atoms with Gasteiger partial charge in [-0.05, 0) is 32.1 Å². The summed E-state index contributed by atoms with van der Waals surface area (Å²) in [7, 11) is 0. The molecule has 0 saturated heterocycles. The minimum atomic E-state index is -0.0613. The normalized spacial score (nSPS) is 21.3. The van der Waals surface area contributed by atoms with Crippen molar-refractivity contribution in [3.8, 4) is 0 Å². The molecule has 1 rings (SSSR count). The van der Waals surface area contributed by atoms with Gasteiger partial charge >= 0.3 is 0 Å². The van der Waals surface area contributed by atoms with Gasteiger partial charge in [-0.3, -0.25) is 9.59 Å². The van der Waals surface area contributed by atoms with Crippen LogP contribution in [0.5, 0.6) is 0 Å². The summed E-state index contributed by atoms with van der Waals surface area (Å²) in [5, 5.41) is 2.83. The van der Waals surface area contributed by atoms with E-state index in [1.807, 2.05) is 13.8 Å². The van der Waals surface area contributed by atoms with Crippen molar-refractivity contribution in [2.45, 2.75) is 58.4 Å². The number of carbonyl (C=O) groups excluding carboxylic acids is 2. The van der Waals surface area contributed by atoms with E-state index in [9.17, 15) is 9.59 Å². The van der Waals surface area contributed by atoms with Crippen LogP contribution in [0.2, 0.25) is 0 Å². The highest BCUT2D eigenvalue weighted by Crippen LogP contribution is 2.25. The van der Waals surface area contributed by atoms with Gasteiger partial charge in [0.2, 0.25) is 11.8 Å². The van der Waals surface area contributed by atoms with Gasteiger partial charge in [-0.2, -0.15) is 0 Å². The number of amides is 2. The summed E-state index contributed by atoms with van der Waals surface area (Å²) >= 11 is 0. The van der Waals surface area contributed by atoms with Crippen LogP contribution in [-0.2, 0) is 9.59 Å². The molecule has 0 bridgehead atoms. The Hall–Kier alpha value is -0.810. The first-order valence-corrected chi connectivity index (χ1v) is 7.89. The molecule has 1 aliphatic rings. The number of nitrogens with zero attached hydrogens (tertiary/aromatic N) is 1. The first kappa shape index (κ1) is 20.2. The van der Waals surface area contributed by atoms with Crippen molar-refractivity contribution in [1.82, 2.24) is 10.2 Å². The second kappa shape index (κ2) is 10.9. The molecule has 0 heterocycles. The van der Waals surface area contributed by atoms with Gasteiger partial charge in [0.1, 0.15) is 0 Å². The fraction of sp³-hybridized carbons (Fsp3) is 0.867. The van der Waals surface area contributed by atoms with Crippen LogP contribution in [0, 0.1) is 5.92 Å². The molecule has 0 aliphatic heterocycles. The van der Waals surface area contributed by atoms with Gasteiger partial charge in [-0.25, -0.2) is 0 Å². The zero-order valence-electron chi connectivity index (χ0n) is 13.3. The zero-order chi connectivity index (χ0) is 15.0. The average Bonchev–Trinajstić information content (AvgIpc) is 2.44. The molecule has 21 heavy (non-hydrogen) atoms. The molecule has 2 amide bonds. The third kappa shape index (κ3) is 7.14. The molecule has 2 unspecified atom stereocenters. The third-order valence-corrected chi connectivity index (χ3v) is 3.78. The fourth-order valence-electron chi connectivity index (χ4n) is 2.74. The highest BCUT2D eigenvalue weighted by Gasteiger charge is 2.29. The van der Waals surface area contributed by atoms with Crippen LogP contribution in [0.15, 0.2) is 0 Å². The standard InChI is InChI=1S/C15H29N3O2.ClH/c1-3-8-17-14(19)11-18(9-4-2)15(20)12-6-5-7-13(16)10-12;/h12-13H,3-11,16H2,1-2H3,(H,17,19);1H. The Kier molecular flexibility index (Phi) is 10.4. The van der Waals surface area contributed by atoms with Crippen LogP contribution in [0.1, 0.15) is 52.4 Å². The molecule has 1 saturated carbocycles. The number of halogens is 1. The summed E-state index contributed by atoms with van der Waals surface area (Å²) in [4.78, 5) is 26.0. The van der Waals surface area contributed by atoms with E-state index in [1.165, 1.54) is 0 Å². The molecule has 0 aromatic heterocycles. The van der Waals surface area contributed by atoms with E-state index < -0.39 is 0 Å². The average molecular weight is 320 g/mol. The van der Waals surface area contributed by atoms with Gasteiger partial charge in [0.05, 0.1) is 6.54 Å². The molecule has 5 nitrogen and oxygen atoms in total. The van der Waals surface area contributed by atoms with Gasteiger partial charge in [0.25, 0.3) is 0 Å². The summed E-state index contributed by atoms with van der Waals surface area (Å²) in [5.74, 6) is 0.0479. The van der Waals surface area contributed by atoms with E-state index in [4.69, 9.17) is 5.73 Å². The van der Waals surface area contributed by atoms with Crippen molar-refractivity contribution in [3.05, 3.63) is 0 Å². The second-order valence-corrected chi connectivity index (χ2v) is 5.73. The van der Waals surface area contributed by atoms with E-state index in [0.29, 0.717) is 13.1 Å². The quantitative estimate of drug-likeness (QED) is 0.750. The number of nitrogens with one attached hydrogen (secondary N) is 1. The van der Waals surface area contributed by atoms with Gasteiger partial charge in [0.15, 0.2) is 0 Å². The Labute approximate surface area is 134 Å². The number of carbonyl (C=O) groups is 2. The van der Waals surface area contributed by atoms with Gasteiger partial charge in [0, 0.05) is 25.0 Å². The number of hydrogen-bond acceptors (Lipinski definition) is 3. The SMILES string of the molecule is CCCNC(=O)CN(CCC)C(=O)C1CCCC(N)C1.Cl. The summed E-state index contributed by atoms with van der Waals surface area (Å²) in [6.45, 7) is 5.53. The lowest BCUT2D eigenvalue weighted by Gasteiger charge is -2.31. The minimum absolute atomic E-state index is 0. The molecule has 124 valence electrons. The Morgan fingerprint density at radius 3 is 2.52 bits per heavy atom. The van der Waals surface area contributed by atoms with Crippen LogP contribution >= 0.6 is 12.4 Å². The van der Waals surface area contributed by atoms with Crippen LogP contribution in [-0.4, -0.2) is 42.4 Å². The molecule has 1 aliphatic carbocycles. The lowest BCUT2D eigenvalue weighted by atomic mass is 9.85. The monoisotopic (exact) mass is 319 g/mol. The lowest BCUT2D eigenvalue weighted by molar-refractivity contribution is -0.140. The van der Waals surface area contributed by atoms with Crippen LogP contribution < -0.4 is 11.1 Å². The second-order valence-electron chi connectivity index (χ2n) is 5.73. The Morgan fingerprint density at radius 2 is 1.95 bits per heavy atom. The molecule has 0 aromatic rings. The molecular weight excluding hydrogens is 290 g/mol. The van der Waals surface area contributed by atoms with Crippen molar-refractivity contribution >= 4 is 24.2 Å². The van der Waals surface area contributed by atoms with Crippen molar-refractivity contribution in [2.75, 3.05) is 19.6 Å². The predicted octanol–water partition coefficient (Wildman–Crippen LogP) is 1.69. The molecule has 0 aromatic carbocycles. The molecule has 1 fully saturated rings. The predicted molar refractivity (Wildman–Crippen MR) is 87.4 cm³/mol. The first-order chi connectivity index (χ1) is 9.58. The summed E-state index contributed by atoms with van der Waals surface area (Å²) in [6.07, 6.45) is 5.46. The van der Waals surface area contributed by atoms with E-state index in [1.54, 1.807) is 4.90 Å². The maximum Gasteiger partial charge on any atom is 0.239 e. The maximum absolute atomic E-state index is 12.5. The van der Waals surface area contributed by atoms with Crippen molar-refractivity contribution in [1.29, 1.82) is 0 Å². The Morgan fingerprint density at radius 1 is 1.24 bits per heavy atom. The van der Waals surface area contributed by atoms with E-state index in [-0.39, 0.29) is 42.7 Å². The molecule has 6 heteroatoms. The molecule has 3 N–H and O–H groups in total. The number of rotatable bonds is 7. The summed E-state index contributed by atoms with van der Waals surface area (Å²) < 4.78 is 0. The van der Waals surface area contributed by atoms with Gasteiger partial charge in [-0.15, -0.1) is 12.4 Å². The topological polar surface area (TPSA) is 75.4 Å². The Bertz CT molecular complexity index is 326. The van der Waals surface area contributed by atoms with E-state index in [0.717, 1.165) is 38.5 Å². The third-order valence-electron chi connectivity index (χ3n) is 3.78. The lowest BCUT2D eigenvalue weighted by Crippen LogP contribution is -2.45. The smallest absolute Gasteiger partial charge is 0.239 e. The minimum Gasteiger partial charge on any atom is -0.355 e. The van der Waals surface area contributed by atoms with Crippen molar-refractivity contribution in [3.63, 3.8) is 0 Å². The van der Waals surface area contributed by atoms with E-state index >= 15 is 0 Å². The number of hydrogen-bond donors (Lipinski definition) is 2. The largest absolute Gasteiger partial charge is 0.355 e. The van der Waals surface area contributed by atoms with Crippen LogP contribution in [0.3, 0.4) is 0 Å². The number of nitrogens with two attached hydrogens (primary N) is 1. The summed E-state index contributed by atoms with van der Waals surface area (Å²) in [6, 6.07) is 0.134. The van der Waals surface area contributed by atoms with Crippen LogP contribution in [0.25, 0.3) is 0 Å². The Balaban J connectivity index is 0.00000400. The molecular formula is C15H30ClN3O2. The first-order valence-electron chi connectivity index (χ1n) is 7.89.